The normalized spacial score (nSPS) is 7.27. The molecule has 0 saturated carbocycles. The minimum atomic E-state index is -4.01. The molecule has 0 aliphatic rings. The fraction of sp³-hybridized carbons (Fsp3) is 0. The fourth-order valence-electron chi connectivity index (χ4n) is 0. The van der Waals surface area contributed by atoms with Gasteiger partial charge in [0.2, 0.25) is 0 Å². The molecule has 0 bridgehead atoms. The van der Waals surface area contributed by atoms with E-state index in [1.807, 2.05) is 0 Å². The standard InChI is InChI=1S/2IO3.2O.U/c2*2-1(3)4;;;/q2*-1;;;+2. The van der Waals surface area contributed by atoms with Gasteiger partial charge in [0.25, 0.3) is 42.1 Å². The average Bonchev–Trinajstić information content (AvgIpc) is 1.60. The molecular formula is I2O8U. The Labute approximate surface area is 93.5 Å². The van der Waals surface area contributed by atoms with E-state index in [0.717, 1.165) is 0 Å². The molecule has 0 unspecified atom stereocenters. The van der Waals surface area contributed by atoms with Gasteiger partial charge >= 0.3 is 32.3 Å². The van der Waals surface area contributed by atoms with Gasteiger partial charge in [-0.05, 0) is 0 Å². The molecule has 8 nitrogen and oxygen atoms in total. The Balaban J connectivity index is -0.0000000886. The van der Waals surface area contributed by atoms with Crippen LogP contribution in [0.25, 0.3) is 0 Å². The van der Waals surface area contributed by atoms with E-state index < -0.39 is 69.9 Å². The van der Waals surface area contributed by atoms with Gasteiger partial charge in [-0.2, -0.15) is 0 Å². The van der Waals surface area contributed by atoms with E-state index in [1.54, 1.807) is 0 Å². The number of hydrogen-bond acceptors (Lipinski definition) is 8. The zero-order valence-electron chi connectivity index (χ0n) is 4.52. The van der Waals surface area contributed by atoms with Gasteiger partial charge in [0.05, 0.1) is 0 Å². The van der Waals surface area contributed by atoms with E-state index in [2.05, 4.69) is 0 Å². The van der Waals surface area contributed by atoms with Crippen LogP contribution in [0.2, 0.25) is 0 Å². The van der Waals surface area contributed by atoms with E-state index in [9.17, 15) is 0 Å². The summed E-state index contributed by atoms with van der Waals surface area (Å²) in [4.78, 5) is 0. The molecule has 0 aromatic heterocycles. The third kappa shape index (κ3) is 330. The Kier molecular flexibility index (Phi) is 30.2. The van der Waals surface area contributed by atoms with Crippen LogP contribution in [0, 0.1) is 27.8 Å². The van der Waals surface area contributed by atoms with E-state index in [1.165, 1.54) is 0 Å². The van der Waals surface area contributed by atoms with Crippen LogP contribution in [0.4, 0.5) is 0 Å². The van der Waals surface area contributed by atoms with Crippen molar-refractivity contribution in [1.82, 2.24) is 0 Å². The van der Waals surface area contributed by atoms with Crippen LogP contribution in [0.1, 0.15) is 0 Å². The van der Waals surface area contributed by atoms with Gasteiger partial charge in [-0.25, -0.2) is 0 Å². The quantitative estimate of drug-likeness (QED) is 0.241. The third-order valence-electron chi connectivity index (χ3n) is 0. The molecule has 0 spiro atoms. The van der Waals surface area contributed by atoms with Crippen molar-refractivity contribution in [3.63, 3.8) is 0 Å². The van der Waals surface area contributed by atoms with Gasteiger partial charge in [0.15, 0.2) is 0 Å². The first-order valence-corrected chi connectivity index (χ1v) is 10.0. The second kappa shape index (κ2) is 17.8. The second-order valence-corrected chi connectivity index (χ2v) is 3.31. The summed E-state index contributed by atoms with van der Waals surface area (Å²) in [5.74, 6) is 0. The molecule has 0 rings (SSSR count). The van der Waals surface area contributed by atoms with Crippen molar-refractivity contribution in [2.24, 2.45) is 0 Å². The van der Waals surface area contributed by atoms with Crippen molar-refractivity contribution >= 4 is 0 Å². The first-order chi connectivity index (χ1) is 4.88. The van der Waals surface area contributed by atoms with Gasteiger partial charge < -0.3 is 20.6 Å². The van der Waals surface area contributed by atoms with Gasteiger partial charge in [-0.15, -0.1) is 0 Å². The maximum absolute atomic E-state index is 8.58. The Morgan fingerprint density at radius 2 is 0.727 bits per heavy atom. The SMILES string of the molecule is [O-][I+2]([O-])[O-].[O-][I+2]([O-])[O-].[O]=[U+2]=[O]. The minimum absolute atomic E-state index is 2.51. The molecule has 0 amide bonds. The number of hydrogen-bond donors (Lipinski definition) is 0. The molecular weight excluding hydrogens is 620 g/mol. The summed E-state index contributed by atoms with van der Waals surface area (Å²) in [5.41, 5.74) is 0. The number of rotatable bonds is 0. The molecule has 0 heterocycles. The average molecular weight is 620 g/mol. The van der Waals surface area contributed by atoms with Gasteiger partial charge in [0, 0.05) is 0 Å². The van der Waals surface area contributed by atoms with Crippen molar-refractivity contribution < 1.29 is 95.0 Å². The Morgan fingerprint density at radius 3 is 0.727 bits per heavy atom. The molecule has 0 aromatic carbocycles. The van der Waals surface area contributed by atoms with Crippen LogP contribution in [-0.2, 0) is 4.47 Å². The van der Waals surface area contributed by atoms with Gasteiger partial charge in [0.1, 0.15) is 0 Å². The number of halogens is 2. The Bertz CT molecular complexity index is 72.6. The third-order valence-corrected chi connectivity index (χ3v) is 0. The summed E-state index contributed by atoms with van der Waals surface area (Å²) < 4.78 is 68.6. The molecule has 0 fully saturated rings. The molecule has 0 aromatic rings. The van der Waals surface area contributed by atoms with E-state index in [-0.39, 0.29) is 0 Å². The van der Waals surface area contributed by atoms with E-state index in [0.29, 0.717) is 0 Å². The van der Waals surface area contributed by atoms with Gasteiger partial charge in [-0.1, -0.05) is 0 Å². The molecule has 0 aliphatic carbocycles. The second-order valence-electron chi connectivity index (χ2n) is 0.461. The van der Waals surface area contributed by atoms with Crippen molar-refractivity contribution in [1.29, 1.82) is 0 Å². The zero-order chi connectivity index (χ0) is 9.86. The summed E-state index contributed by atoms with van der Waals surface area (Å²) in [6.45, 7) is 0. The van der Waals surface area contributed by atoms with Crippen LogP contribution in [0.15, 0.2) is 0 Å². The molecule has 0 radical (unpaired) electrons. The molecule has 0 atom stereocenters. The summed E-state index contributed by atoms with van der Waals surface area (Å²) in [6.07, 6.45) is 0. The van der Waals surface area contributed by atoms with Gasteiger partial charge in [-0.3, -0.25) is 0 Å². The van der Waals surface area contributed by atoms with Crippen molar-refractivity contribution in [3.05, 3.63) is 0 Å². The van der Waals surface area contributed by atoms with Crippen LogP contribution in [-0.4, -0.2) is 0 Å². The molecule has 11 heteroatoms. The summed E-state index contributed by atoms with van der Waals surface area (Å²) in [7, 11) is 0. The predicted molar refractivity (Wildman–Crippen MR) is 1.37 cm³/mol. The van der Waals surface area contributed by atoms with Crippen molar-refractivity contribution in [2.45, 2.75) is 0 Å². The molecule has 0 aliphatic heterocycles. The van der Waals surface area contributed by atoms with Crippen LogP contribution in [0.5, 0.6) is 0 Å². The monoisotopic (exact) mass is 620 g/mol. The summed E-state index contributed by atoms with van der Waals surface area (Å²) in [5, 5.41) is 0. The predicted octanol–water partition coefficient (Wildman–Crippen LogP) is -13.4. The van der Waals surface area contributed by atoms with Crippen molar-refractivity contribution in [3.8, 4) is 0 Å². The van der Waals surface area contributed by atoms with Crippen LogP contribution in [0.3, 0.4) is 0 Å². The van der Waals surface area contributed by atoms with E-state index >= 15 is 0 Å². The summed E-state index contributed by atoms with van der Waals surface area (Å²) >= 11 is -10.5. The fourth-order valence-corrected chi connectivity index (χ4v) is 0. The Morgan fingerprint density at radius 1 is 0.727 bits per heavy atom. The first-order valence-electron chi connectivity index (χ1n) is 1.33. The first kappa shape index (κ1) is 18.6. The Hall–Kier alpha value is 1.87. The molecule has 66 valence electrons. The maximum atomic E-state index is 8.58. The van der Waals surface area contributed by atoms with Crippen LogP contribution < -0.4 is 62.7 Å². The topological polar surface area (TPSA) is 172 Å². The molecule has 0 saturated heterocycles. The molecule has 11 heavy (non-hydrogen) atoms. The molecule has 0 N–H and O–H groups in total. The zero-order valence-corrected chi connectivity index (χ0v) is 13.0. The summed E-state index contributed by atoms with van der Waals surface area (Å²) in [6, 6.07) is 0. The van der Waals surface area contributed by atoms with E-state index in [4.69, 9.17) is 25.1 Å². The van der Waals surface area contributed by atoms with Crippen LogP contribution >= 0.6 is 0 Å². The van der Waals surface area contributed by atoms with Crippen molar-refractivity contribution in [2.75, 3.05) is 0 Å².